The van der Waals surface area contributed by atoms with Crippen LogP contribution in [-0.4, -0.2) is 18.1 Å². The second-order valence-corrected chi connectivity index (χ2v) is 3.50. The van der Waals surface area contributed by atoms with Crippen molar-refractivity contribution in [3.05, 3.63) is 0 Å². The molecule has 0 aromatic rings. The SMILES string of the molecule is CC1(OC=O)CCC(N)CC1. The molecule has 1 saturated carbocycles. The molecule has 0 aromatic heterocycles. The molecule has 1 aliphatic rings. The summed E-state index contributed by atoms with van der Waals surface area (Å²) < 4.78 is 4.98. The van der Waals surface area contributed by atoms with Crippen LogP contribution in [0.5, 0.6) is 0 Å². The van der Waals surface area contributed by atoms with Gasteiger partial charge in [0, 0.05) is 6.04 Å². The van der Waals surface area contributed by atoms with Gasteiger partial charge in [-0.1, -0.05) is 0 Å². The normalized spacial score (nSPS) is 38.2. The summed E-state index contributed by atoms with van der Waals surface area (Å²) >= 11 is 0. The summed E-state index contributed by atoms with van der Waals surface area (Å²) in [6.45, 7) is 2.50. The summed E-state index contributed by atoms with van der Waals surface area (Å²) in [5.41, 5.74) is 5.47. The lowest BCUT2D eigenvalue weighted by molar-refractivity contribution is -0.145. The Hall–Kier alpha value is -0.570. The van der Waals surface area contributed by atoms with Gasteiger partial charge in [-0.05, 0) is 32.6 Å². The molecule has 11 heavy (non-hydrogen) atoms. The number of hydrogen-bond donors (Lipinski definition) is 1. The van der Waals surface area contributed by atoms with Gasteiger partial charge in [0.25, 0.3) is 6.47 Å². The summed E-state index contributed by atoms with van der Waals surface area (Å²) in [6, 6.07) is 0.304. The smallest absolute Gasteiger partial charge is 0.293 e. The lowest BCUT2D eigenvalue weighted by atomic mass is 9.84. The zero-order chi connectivity index (χ0) is 8.32. The van der Waals surface area contributed by atoms with E-state index in [0.717, 1.165) is 25.7 Å². The molecule has 0 amide bonds. The quantitative estimate of drug-likeness (QED) is 0.604. The van der Waals surface area contributed by atoms with E-state index in [9.17, 15) is 4.79 Å². The Morgan fingerprint density at radius 3 is 2.55 bits per heavy atom. The molecule has 3 nitrogen and oxygen atoms in total. The summed E-state index contributed by atoms with van der Waals surface area (Å²) in [6.07, 6.45) is 3.72. The molecule has 0 heterocycles. The Morgan fingerprint density at radius 2 is 2.09 bits per heavy atom. The molecule has 2 N–H and O–H groups in total. The Kier molecular flexibility index (Phi) is 2.49. The lowest BCUT2D eigenvalue weighted by Crippen LogP contribution is -2.38. The van der Waals surface area contributed by atoms with Gasteiger partial charge in [-0.15, -0.1) is 0 Å². The van der Waals surface area contributed by atoms with Gasteiger partial charge in [-0.3, -0.25) is 4.79 Å². The fourth-order valence-electron chi connectivity index (χ4n) is 1.48. The molecule has 3 heteroatoms. The van der Waals surface area contributed by atoms with Crippen LogP contribution in [-0.2, 0) is 9.53 Å². The van der Waals surface area contributed by atoms with E-state index in [4.69, 9.17) is 10.5 Å². The Labute approximate surface area is 66.9 Å². The molecule has 0 aliphatic heterocycles. The summed E-state index contributed by atoms with van der Waals surface area (Å²) in [5.74, 6) is 0. The molecule has 0 bridgehead atoms. The van der Waals surface area contributed by atoms with Crippen LogP contribution in [0.4, 0.5) is 0 Å². The topological polar surface area (TPSA) is 52.3 Å². The van der Waals surface area contributed by atoms with Gasteiger partial charge in [0.1, 0.15) is 5.60 Å². The van der Waals surface area contributed by atoms with Gasteiger partial charge in [-0.25, -0.2) is 0 Å². The molecule has 0 radical (unpaired) electrons. The second kappa shape index (κ2) is 3.22. The monoisotopic (exact) mass is 157 g/mol. The molecule has 0 spiro atoms. The van der Waals surface area contributed by atoms with E-state index in [1.807, 2.05) is 6.92 Å². The third kappa shape index (κ3) is 2.19. The number of hydrogen-bond acceptors (Lipinski definition) is 3. The van der Waals surface area contributed by atoms with Crippen LogP contribution >= 0.6 is 0 Å². The van der Waals surface area contributed by atoms with Crippen LogP contribution in [0.15, 0.2) is 0 Å². The standard InChI is InChI=1S/C8H15NO2/c1-8(11-6-10)4-2-7(9)3-5-8/h6-7H,2-5,9H2,1H3. The van der Waals surface area contributed by atoms with Crippen molar-refractivity contribution in [1.29, 1.82) is 0 Å². The van der Waals surface area contributed by atoms with Gasteiger partial charge in [0.15, 0.2) is 0 Å². The van der Waals surface area contributed by atoms with E-state index >= 15 is 0 Å². The maximum Gasteiger partial charge on any atom is 0.293 e. The van der Waals surface area contributed by atoms with E-state index in [0.29, 0.717) is 12.5 Å². The highest BCUT2D eigenvalue weighted by atomic mass is 16.5. The van der Waals surface area contributed by atoms with E-state index in [-0.39, 0.29) is 5.60 Å². The highest BCUT2D eigenvalue weighted by Crippen LogP contribution is 2.29. The molecule has 0 atom stereocenters. The molecule has 1 fully saturated rings. The highest BCUT2D eigenvalue weighted by molar-refractivity contribution is 5.38. The van der Waals surface area contributed by atoms with Crippen LogP contribution in [0, 0.1) is 0 Å². The molecule has 64 valence electrons. The molecule has 0 aromatic carbocycles. The number of carbonyl (C=O) groups is 1. The van der Waals surface area contributed by atoms with Gasteiger partial charge >= 0.3 is 0 Å². The maximum atomic E-state index is 10.1. The fourth-order valence-corrected chi connectivity index (χ4v) is 1.48. The molecular weight excluding hydrogens is 142 g/mol. The highest BCUT2D eigenvalue weighted by Gasteiger charge is 2.30. The van der Waals surface area contributed by atoms with E-state index in [2.05, 4.69) is 0 Å². The average Bonchev–Trinajstić information content (AvgIpc) is 1.97. The van der Waals surface area contributed by atoms with E-state index in [1.54, 1.807) is 0 Å². The number of ether oxygens (including phenoxy) is 1. The minimum atomic E-state index is -0.238. The summed E-state index contributed by atoms with van der Waals surface area (Å²) in [4.78, 5) is 10.1. The van der Waals surface area contributed by atoms with Crippen LogP contribution in [0.1, 0.15) is 32.6 Å². The van der Waals surface area contributed by atoms with Gasteiger partial charge in [0.2, 0.25) is 0 Å². The minimum Gasteiger partial charge on any atom is -0.462 e. The lowest BCUT2D eigenvalue weighted by Gasteiger charge is -2.34. The van der Waals surface area contributed by atoms with Crippen molar-refractivity contribution in [1.82, 2.24) is 0 Å². The van der Waals surface area contributed by atoms with Crippen molar-refractivity contribution in [2.75, 3.05) is 0 Å². The molecular formula is C8H15NO2. The van der Waals surface area contributed by atoms with Crippen molar-refractivity contribution in [3.8, 4) is 0 Å². The van der Waals surface area contributed by atoms with Gasteiger partial charge in [-0.2, -0.15) is 0 Å². The number of carbonyl (C=O) groups excluding carboxylic acids is 1. The predicted molar refractivity (Wildman–Crippen MR) is 42.0 cm³/mol. The largest absolute Gasteiger partial charge is 0.462 e. The van der Waals surface area contributed by atoms with Crippen molar-refractivity contribution in [2.24, 2.45) is 5.73 Å². The maximum absolute atomic E-state index is 10.1. The Morgan fingerprint density at radius 1 is 1.55 bits per heavy atom. The van der Waals surface area contributed by atoms with Crippen LogP contribution in [0.2, 0.25) is 0 Å². The fraction of sp³-hybridized carbons (Fsp3) is 0.875. The van der Waals surface area contributed by atoms with E-state index < -0.39 is 0 Å². The molecule has 0 saturated heterocycles. The van der Waals surface area contributed by atoms with E-state index in [1.165, 1.54) is 0 Å². The van der Waals surface area contributed by atoms with Crippen LogP contribution < -0.4 is 5.73 Å². The zero-order valence-electron chi connectivity index (χ0n) is 6.88. The van der Waals surface area contributed by atoms with Crippen LogP contribution in [0.25, 0.3) is 0 Å². The van der Waals surface area contributed by atoms with Crippen molar-refractivity contribution in [2.45, 2.75) is 44.2 Å². The van der Waals surface area contributed by atoms with Gasteiger partial charge in [0.05, 0.1) is 0 Å². The Balaban J connectivity index is 2.41. The molecule has 1 aliphatic carbocycles. The molecule has 0 unspecified atom stereocenters. The Bertz CT molecular complexity index is 139. The summed E-state index contributed by atoms with van der Waals surface area (Å²) in [7, 11) is 0. The summed E-state index contributed by atoms with van der Waals surface area (Å²) in [5, 5.41) is 0. The first kappa shape index (κ1) is 8.53. The van der Waals surface area contributed by atoms with Gasteiger partial charge < -0.3 is 10.5 Å². The second-order valence-electron chi connectivity index (χ2n) is 3.50. The van der Waals surface area contributed by atoms with Crippen molar-refractivity contribution in [3.63, 3.8) is 0 Å². The van der Waals surface area contributed by atoms with Crippen molar-refractivity contribution >= 4 is 6.47 Å². The minimum absolute atomic E-state index is 0.238. The first-order chi connectivity index (χ1) is 5.16. The predicted octanol–water partition coefficient (Wildman–Crippen LogP) is 0.819. The molecule has 1 rings (SSSR count). The zero-order valence-corrected chi connectivity index (χ0v) is 6.88. The van der Waals surface area contributed by atoms with Crippen LogP contribution in [0.3, 0.4) is 0 Å². The average molecular weight is 157 g/mol. The third-order valence-corrected chi connectivity index (χ3v) is 2.42. The first-order valence-corrected chi connectivity index (χ1v) is 4.03. The third-order valence-electron chi connectivity index (χ3n) is 2.42. The number of rotatable bonds is 2. The van der Waals surface area contributed by atoms with Crippen molar-refractivity contribution < 1.29 is 9.53 Å². The first-order valence-electron chi connectivity index (χ1n) is 4.03. The number of nitrogens with two attached hydrogens (primary N) is 1.